The second-order valence-corrected chi connectivity index (χ2v) is 6.42. The number of fused-ring (bicyclic) bond motifs is 1. The fourth-order valence-electron chi connectivity index (χ4n) is 2.94. The number of non-ortho nitro benzene ring substituents is 1. The van der Waals surface area contributed by atoms with Crippen LogP contribution in [0.5, 0.6) is 0 Å². The zero-order valence-corrected chi connectivity index (χ0v) is 15.9. The molecule has 10 heteroatoms. The van der Waals surface area contributed by atoms with Crippen molar-refractivity contribution in [3.8, 4) is 0 Å². The molecule has 30 heavy (non-hydrogen) atoms. The number of carbonyl (C=O) groups excluding carboxylic acids is 4. The van der Waals surface area contributed by atoms with E-state index in [1.165, 1.54) is 30.3 Å². The summed E-state index contributed by atoms with van der Waals surface area (Å²) < 4.78 is 5.19. The highest BCUT2D eigenvalue weighted by Crippen LogP contribution is 2.28. The van der Waals surface area contributed by atoms with E-state index < -0.39 is 41.1 Å². The SMILES string of the molecule is CC[C@@H](OC(=O)CN1C(=O)C(=O)c2ccccc21)C(=O)Nc1ccc([N+](=O)[O-])cc1. The molecule has 3 rings (SSSR count). The smallest absolute Gasteiger partial charge is 0.326 e. The van der Waals surface area contributed by atoms with E-state index in [4.69, 9.17) is 4.74 Å². The van der Waals surface area contributed by atoms with Crippen molar-refractivity contribution in [2.24, 2.45) is 0 Å². The number of nitrogens with one attached hydrogen (secondary N) is 1. The van der Waals surface area contributed by atoms with Gasteiger partial charge < -0.3 is 10.1 Å². The zero-order chi connectivity index (χ0) is 21.8. The van der Waals surface area contributed by atoms with E-state index in [2.05, 4.69) is 5.32 Å². The number of hydrogen-bond donors (Lipinski definition) is 1. The molecule has 0 saturated heterocycles. The van der Waals surface area contributed by atoms with E-state index in [1.54, 1.807) is 25.1 Å². The number of anilines is 2. The standard InChI is InChI=1S/C20H17N3O7/c1-2-16(19(26)21-12-7-9-13(10-8-12)23(28)29)30-17(24)11-22-15-6-4-3-5-14(15)18(25)20(22)27/h3-10,16H,2,11H2,1H3,(H,21,26)/t16-/m1/s1. The molecule has 0 bridgehead atoms. The van der Waals surface area contributed by atoms with Gasteiger partial charge in [0, 0.05) is 17.8 Å². The molecule has 0 aliphatic carbocycles. The Hall–Kier alpha value is -4.08. The van der Waals surface area contributed by atoms with Gasteiger partial charge >= 0.3 is 5.97 Å². The van der Waals surface area contributed by atoms with Crippen LogP contribution in [0.3, 0.4) is 0 Å². The summed E-state index contributed by atoms with van der Waals surface area (Å²) in [7, 11) is 0. The number of nitro benzene ring substituents is 1. The number of para-hydroxylation sites is 1. The van der Waals surface area contributed by atoms with Crippen molar-refractivity contribution in [2.75, 3.05) is 16.8 Å². The number of hydrogen-bond acceptors (Lipinski definition) is 7. The molecule has 0 saturated carbocycles. The van der Waals surface area contributed by atoms with Gasteiger partial charge in [-0.15, -0.1) is 0 Å². The predicted octanol–water partition coefficient (Wildman–Crippen LogP) is 2.08. The molecule has 0 unspecified atom stereocenters. The van der Waals surface area contributed by atoms with Crippen molar-refractivity contribution in [1.29, 1.82) is 0 Å². The normalized spacial score (nSPS) is 13.6. The summed E-state index contributed by atoms with van der Waals surface area (Å²) in [5.74, 6) is -3.01. The van der Waals surface area contributed by atoms with Gasteiger partial charge in [-0.3, -0.25) is 34.2 Å². The minimum Gasteiger partial charge on any atom is -0.451 e. The third-order valence-electron chi connectivity index (χ3n) is 4.45. The summed E-state index contributed by atoms with van der Waals surface area (Å²) in [5.41, 5.74) is 0.692. The van der Waals surface area contributed by atoms with Crippen LogP contribution in [-0.4, -0.2) is 41.1 Å². The molecule has 0 spiro atoms. The van der Waals surface area contributed by atoms with Gasteiger partial charge in [0.05, 0.1) is 16.2 Å². The average molecular weight is 411 g/mol. The second-order valence-electron chi connectivity index (χ2n) is 6.42. The predicted molar refractivity (Wildman–Crippen MR) is 105 cm³/mol. The van der Waals surface area contributed by atoms with Crippen molar-refractivity contribution in [3.63, 3.8) is 0 Å². The molecule has 0 fully saturated rings. The Morgan fingerprint density at radius 1 is 1.13 bits per heavy atom. The molecule has 154 valence electrons. The lowest BCUT2D eigenvalue weighted by Crippen LogP contribution is -2.39. The first-order valence-corrected chi connectivity index (χ1v) is 9.01. The quantitative estimate of drug-likeness (QED) is 0.319. The largest absolute Gasteiger partial charge is 0.451 e. The van der Waals surface area contributed by atoms with Crippen LogP contribution < -0.4 is 10.2 Å². The van der Waals surface area contributed by atoms with Gasteiger partial charge in [0.25, 0.3) is 23.3 Å². The third-order valence-corrected chi connectivity index (χ3v) is 4.45. The molecule has 2 aromatic rings. The molecular weight excluding hydrogens is 394 g/mol. The van der Waals surface area contributed by atoms with Gasteiger partial charge in [-0.2, -0.15) is 0 Å². The summed E-state index contributed by atoms with van der Waals surface area (Å²) in [6, 6.07) is 11.5. The number of amides is 2. The summed E-state index contributed by atoms with van der Waals surface area (Å²) >= 11 is 0. The number of rotatable bonds is 7. The average Bonchev–Trinajstić information content (AvgIpc) is 2.97. The fourth-order valence-corrected chi connectivity index (χ4v) is 2.94. The maximum absolute atomic E-state index is 12.4. The molecule has 2 aromatic carbocycles. The van der Waals surface area contributed by atoms with E-state index in [1.807, 2.05) is 0 Å². The monoisotopic (exact) mass is 411 g/mol. The van der Waals surface area contributed by atoms with Crippen molar-refractivity contribution in [2.45, 2.75) is 19.4 Å². The van der Waals surface area contributed by atoms with Gasteiger partial charge in [0.1, 0.15) is 6.54 Å². The number of ketones is 1. The number of ether oxygens (including phenoxy) is 1. The van der Waals surface area contributed by atoms with Gasteiger partial charge in [0.15, 0.2) is 6.10 Å². The molecule has 0 radical (unpaired) electrons. The Labute approximate surface area is 170 Å². The first kappa shape index (κ1) is 20.6. The minimum absolute atomic E-state index is 0.128. The maximum Gasteiger partial charge on any atom is 0.326 e. The van der Waals surface area contributed by atoms with Crippen LogP contribution in [0.4, 0.5) is 17.1 Å². The maximum atomic E-state index is 12.4. The Morgan fingerprint density at radius 3 is 2.43 bits per heavy atom. The van der Waals surface area contributed by atoms with Crippen molar-refractivity contribution in [1.82, 2.24) is 0 Å². The first-order valence-electron chi connectivity index (χ1n) is 9.01. The van der Waals surface area contributed by atoms with Crippen LogP contribution in [0.1, 0.15) is 23.7 Å². The number of carbonyl (C=O) groups is 4. The molecule has 1 aliphatic heterocycles. The highest BCUT2D eigenvalue weighted by molar-refractivity contribution is 6.52. The van der Waals surface area contributed by atoms with E-state index in [9.17, 15) is 29.3 Å². The number of benzene rings is 2. The van der Waals surface area contributed by atoms with E-state index in [-0.39, 0.29) is 17.7 Å². The highest BCUT2D eigenvalue weighted by atomic mass is 16.6. The minimum atomic E-state index is -1.14. The topological polar surface area (TPSA) is 136 Å². The first-order chi connectivity index (χ1) is 14.3. The lowest BCUT2D eigenvalue weighted by Gasteiger charge is -2.19. The molecule has 2 amide bonds. The van der Waals surface area contributed by atoms with Gasteiger partial charge in [0.2, 0.25) is 0 Å². The Bertz CT molecular complexity index is 1030. The Morgan fingerprint density at radius 2 is 1.80 bits per heavy atom. The van der Waals surface area contributed by atoms with Crippen molar-refractivity contribution < 1.29 is 28.8 Å². The fraction of sp³-hybridized carbons (Fsp3) is 0.200. The van der Waals surface area contributed by atoms with Crippen LogP contribution in [0.25, 0.3) is 0 Å². The highest BCUT2D eigenvalue weighted by Gasteiger charge is 2.37. The summed E-state index contributed by atoms with van der Waals surface area (Å²) in [6.07, 6.45) is -0.982. The molecule has 1 aliphatic rings. The van der Waals surface area contributed by atoms with Crippen LogP contribution in [0.15, 0.2) is 48.5 Å². The lowest BCUT2D eigenvalue weighted by molar-refractivity contribution is -0.384. The van der Waals surface area contributed by atoms with E-state index in [0.29, 0.717) is 11.4 Å². The third kappa shape index (κ3) is 4.17. The zero-order valence-electron chi connectivity index (χ0n) is 15.9. The summed E-state index contributed by atoms with van der Waals surface area (Å²) in [4.78, 5) is 60.0. The van der Waals surface area contributed by atoms with E-state index >= 15 is 0 Å². The van der Waals surface area contributed by atoms with Crippen LogP contribution in [0, 0.1) is 10.1 Å². The lowest BCUT2D eigenvalue weighted by atomic mass is 10.1. The number of Topliss-reactive ketones (excluding diaryl/α,β-unsaturated/α-hetero) is 1. The molecule has 1 N–H and O–H groups in total. The van der Waals surface area contributed by atoms with Crippen molar-refractivity contribution >= 4 is 40.6 Å². The van der Waals surface area contributed by atoms with E-state index in [0.717, 1.165) is 4.90 Å². The molecule has 1 atom stereocenters. The molecule has 1 heterocycles. The Kier molecular flexibility index (Phi) is 5.86. The summed E-state index contributed by atoms with van der Waals surface area (Å²) in [6.45, 7) is 1.12. The number of nitro groups is 1. The van der Waals surface area contributed by atoms with Crippen LogP contribution in [0.2, 0.25) is 0 Å². The Balaban J connectivity index is 1.63. The molecular formula is C20H17N3O7. The molecule has 0 aromatic heterocycles. The van der Waals surface area contributed by atoms with Crippen LogP contribution >= 0.6 is 0 Å². The van der Waals surface area contributed by atoms with Crippen molar-refractivity contribution in [3.05, 3.63) is 64.2 Å². The number of esters is 1. The number of nitrogens with zero attached hydrogens (tertiary/aromatic N) is 2. The molecule has 10 nitrogen and oxygen atoms in total. The summed E-state index contributed by atoms with van der Waals surface area (Å²) in [5, 5.41) is 13.2. The van der Waals surface area contributed by atoms with Gasteiger partial charge in [-0.05, 0) is 30.7 Å². The second kappa shape index (κ2) is 8.52. The van der Waals surface area contributed by atoms with Crippen LogP contribution in [-0.2, 0) is 19.1 Å². The van der Waals surface area contributed by atoms with Gasteiger partial charge in [-0.1, -0.05) is 19.1 Å². The van der Waals surface area contributed by atoms with Gasteiger partial charge in [-0.25, -0.2) is 0 Å².